The highest BCUT2D eigenvalue weighted by Gasteiger charge is 2.36. The number of carbonyl (C=O) groups excluding carboxylic acids is 1. The molecule has 0 amide bonds. The lowest BCUT2D eigenvalue weighted by molar-refractivity contribution is -0.138. The summed E-state index contributed by atoms with van der Waals surface area (Å²) in [6.45, 7) is 3.53. The zero-order chi connectivity index (χ0) is 10.8. The lowest BCUT2D eigenvalue weighted by atomic mass is 10.0. The van der Waals surface area contributed by atoms with Crippen molar-refractivity contribution in [2.45, 2.75) is 19.4 Å². The van der Waals surface area contributed by atoms with Crippen LogP contribution in [-0.2, 0) is 15.1 Å². The van der Waals surface area contributed by atoms with E-state index in [1.54, 1.807) is 6.92 Å². The molecule has 0 radical (unpaired) electrons. The van der Waals surface area contributed by atoms with Gasteiger partial charge in [-0.3, -0.25) is 4.79 Å². The Morgan fingerprint density at radius 2 is 2.43 bits per heavy atom. The summed E-state index contributed by atoms with van der Waals surface area (Å²) in [6.07, 6.45) is 0. The number of ether oxygens (including phenoxy) is 1. The Labute approximate surface area is 87.1 Å². The molecule has 1 atom stereocenters. The molecule has 0 aliphatic heterocycles. The summed E-state index contributed by atoms with van der Waals surface area (Å²) in [4.78, 5) is 15.8. The van der Waals surface area contributed by atoms with E-state index in [1.807, 2.05) is 12.3 Å². The van der Waals surface area contributed by atoms with Crippen LogP contribution < -0.4 is 5.73 Å². The van der Waals surface area contributed by atoms with Gasteiger partial charge in [0, 0.05) is 18.2 Å². The molecule has 2 N–H and O–H groups in total. The third-order valence-corrected chi connectivity index (χ3v) is 3.32. The number of aromatic nitrogens is 1. The highest BCUT2D eigenvalue weighted by molar-refractivity contribution is 7.10. The SMILES string of the molecule is COC(C)(C(=O)CN)c1nc(C)cs1. The smallest absolute Gasteiger partial charge is 0.184 e. The Balaban J connectivity index is 3.07. The van der Waals surface area contributed by atoms with Crippen molar-refractivity contribution in [2.24, 2.45) is 5.73 Å². The van der Waals surface area contributed by atoms with Crippen LogP contribution in [0.3, 0.4) is 0 Å². The van der Waals surface area contributed by atoms with Crippen LogP contribution in [-0.4, -0.2) is 24.4 Å². The van der Waals surface area contributed by atoms with Gasteiger partial charge in [0.25, 0.3) is 0 Å². The molecule has 0 spiro atoms. The predicted octanol–water partition coefficient (Wildman–Crippen LogP) is 0.841. The Hall–Kier alpha value is -0.780. The maximum Gasteiger partial charge on any atom is 0.184 e. The fourth-order valence-corrected chi connectivity index (χ4v) is 2.04. The Morgan fingerprint density at radius 3 is 2.79 bits per heavy atom. The third-order valence-electron chi connectivity index (χ3n) is 2.15. The van der Waals surface area contributed by atoms with Crippen molar-refractivity contribution in [1.29, 1.82) is 0 Å². The first-order valence-electron chi connectivity index (χ1n) is 4.25. The maximum atomic E-state index is 11.6. The second-order valence-electron chi connectivity index (χ2n) is 3.16. The molecule has 0 saturated heterocycles. The van der Waals surface area contributed by atoms with E-state index in [1.165, 1.54) is 18.4 Å². The van der Waals surface area contributed by atoms with Gasteiger partial charge >= 0.3 is 0 Å². The van der Waals surface area contributed by atoms with Gasteiger partial charge in [-0.2, -0.15) is 0 Å². The van der Waals surface area contributed by atoms with Crippen molar-refractivity contribution in [3.8, 4) is 0 Å². The lowest BCUT2D eigenvalue weighted by Crippen LogP contribution is -2.39. The first kappa shape index (κ1) is 11.3. The molecule has 5 heteroatoms. The van der Waals surface area contributed by atoms with Gasteiger partial charge in [-0.25, -0.2) is 4.98 Å². The summed E-state index contributed by atoms with van der Waals surface area (Å²) >= 11 is 1.41. The molecule has 78 valence electrons. The van der Waals surface area contributed by atoms with Gasteiger partial charge in [0.15, 0.2) is 11.4 Å². The molecule has 0 bridgehead atoms. The summed E-state index contributed by atoms with van der Waals surface area (Å²) in [5.74, 6) is -0.158. The number of rotatable bonds is 4. The highest BCUT2D eigenvalue weighted by Crippen LogP contribution is 2.28. The molecule has 14 heavy (non-hydrogen) atoms. The summed E-state index contributed by atoms with van der Waals surface area (Å²) in [6, 6.07) is 0. The number of methoxy groups -OCH3 is 1. The molecule has 0 aromatic carbocycles. The molecular weight excluding hydrogens is 200 g/mol. The lowest BCUT2D eigenvalue weighted by Gasteiger charge is -2.23. The number of aryl methyl sites for hydroxylation is 1. The second kappa shape index (κ2) is 4.16. The third kappa shape index (κ3) is 1.84. The van der Waals surface area contributed by atoms with Crippen molar-refractivity contribution < 1.29 is 9.53 Å². The monoisotopic (exact) mass is 214 g/mol. The largest absolute Gasteiger partial charge is 0.363 e. The Bertz CT molecular complexity index is 337. The van der Waals surface area contributed by atoms with Crippen LogP contribution in [0.4, 0.5) is 0 Å². The summed E-state index contributed by atoms with van der Waals surface area (Å²) in [5.41, 5.74) is 5.22. The van der Waals surface area contributed by atoms with Crippen molar-refractivity contribution in [3.63, 3.8) is 0 Å². The fraction of sp³-hybridized carbons (Fsp3) is 0.556. The van der Waals surface area contributed by atoms with E-state index >= 15 is 0 Å². The molecule has 1 unspecified atom stereocenters. The summed E-state index contributed by atoms with van der Waals surface area (Å²) in [7, 11) is 1.49. The number of hydrogen-bond acceptors (Lipinski definition) is 5. The minimum atomic E-state index is -0.992. The van der Waals surface area contributed by atoms with E-state index in [0.717, 1.165) is 5.69 Å². The van der Waals surface area contributed by atoms with Crippen molar-refractivity contribution >= 4 is 17.1 Å². The molecule has 0 aliphatic carbocycles. The van der Waals surface area contributed by atoms with E-state index in [4.69, 9.17) is 10.5 Å². The second-order valence-corrected chi connectivity index (χ2v) is 4.02. The van der Waals surface area contributed by atoms with Crippen LogP contribution in [0.2, 0.25) is 0 Å². The standard InChI is InChI=1S/C9H14N2O2S/c1-6-5-14-8(11-6)9(2,13-3)7(12)4-10/h5H,4,10H2,1-3H3. The zero-order valence-electron chi connectivity index (χ0n) is 8.53. The summed E-state index contributed by atoms with van der Waals surface area (Å²) in [5, 5.41) is 2.55. The molecule has 0 saturated carbocycles. The first-order chi connectivity index (χ1) is 6.54. The van der Waals surface area contributed by atoms with Crippen molar-refractivity contribution in [1.82, 2.24) is 4.98 Å². The molecule has 4 nitrogen and oxygen atoms in total. The van der Waals surface area contributed by atoms with Gasteiger partial charge in [-0.05, 0) is 13.8 Å². The average Bonchev–Trinajstić information content (AvgIpc) is 2.62. The number of thiazole rings is 1. The molecule has 1 heterocycles. The first-order valence-corrected chi connectivity index (χ1v) is 5.13. The van der Waals surface area contributed by atoms with E-state index in [9.17, 15) is 4.79 Å². The molecule has 1 aromatic rings. The number of hydrogen-bond donors (Lipinski definition) is 1. The van der Waals surface area contributed by atoms with Gasteiger partial charge in [0.05, 0.1) is 6.54 Å². The van der Waals surface area contributed by atoms with Gasteiger partial charge in [0.1, 0.15) is 5.01 Å². The van der Waals surface area contributed by atoms with E-state index in [2.05, 4.69) is 4.98 Å². The zero-order valence-corrected chi connectivity index (χ0v) is 9.35. The van der Waals surface area contributed by atoms with Crippen molar-refractivity contribution in [2.75, 3.05) is 13.7 Å². The Kier molecular flexibility index (Phi) is 3.36. The van der Waals surface area contributed by atoms with Crippen LogP contribution in [0.1, 0.15) is 17.6 Å². The van der Waals surface area contributed by atoms with Gasteiger partial charge < -0.3 is 10.5 Å². The van der Waals surface area contributed by atoms with Crippen LogP contribution >= 0.6 is 11.3 Å². The molecule has 0 aliphatic rings. The number of Topliss-reactive ketones (excluding diaryl/α,β-unsaturated/α-hetero) is 1. The minimum absolute atomic E-state index is 0.0387. The minimum Gasteiger partial charge on any atom is -0.363 e. The predicted molar refractivity (Wildman–Crippen MR) is 55.3 cm³/mol. The van der Waals surface area contributed by atoms with E-state index in [0.29, 0.717) is 5.01 Å². The average molecular weight is 214 g/mol. The molecular formula is C9H14N2O2S. The topological polar surface area (TPSA) is 65.2 Å². The fourth-order valence-electron chi connectivity index (χ4n) is 1.09. The van der Waals surface area contributed by atoms with E-state index in [-0.39, 0.29) is 12.3 Å². The maximum absolute atomic E-state index is 11.6. The number of ketones is 1. The molecule has 0 fully saturated rings. The van der Waals surface area contributed by atoms with Crippen molar-refractivity contribution in [3.05, 3.63) is 16.1 Å². The van der Waals surface area contributed by atoms with Gasteiger partial charge in [-0.15, -0.1) is 11.3 Å². The molecule has 1 rings (SSSR count). The van der Waals surface area contributed by atoms with Crippen LogP contribution in [0.25, 0.3) is 0 Å². The normalized spacial score (nSPS) is 15.1. The number of nitrogens with two attached hydrogens (primary N) is 1. The van der Waals surface area contributed by atoms with Gasteiger partial charge in [0.2, 0.25) is 0 Å². The van der Waals surface area contributed by atoms with Crippen LogP contribution in [0.5, 0.6) is 0 Å². The summed E-state index contributed by atoms with van der Waals surface area (Å²) < 4.78 is 5.21. The molecule has 1 aromatic heterocycles. The number of carbonyl (C=O) groups is 1. The quantitative estimate of drug-likeness (QED) is 0.806. The van der Waals surface area contributed by atoms with Crippen LogP contribution in [0.15, 0.2) is 5.38 Å². The highest BCUT2D eigenvalue weighted by atomic mass is 32.1. The Morgan fingerprint density at radius 1 is 1.79 bits per heavy atom. The van der Waals surface area contributed by atoms with Crippen LogP contribution in [0, 0.1) is 6.92 Å². The van der Waals surface area contributed by atoms with Gasteiger partial charge in [-0.1, -0.05) is 0 Å². The van der Waals surface area contributed by atoms with E-state index < -0.39 is 5.60 Å². The number of nitrogens with zero attached hydrogens (tertiary/aromatic N) is 1.